The topological polar surface area (TPSA) is 83.6 Å². The third-order valence-electron chi connectivity index (χ3n) is 5.57. The number of nitrogens with zero attached hydrogens (tertiary/aromatic N) is 2. The highest BCUT2D eigenvalue weighted by molar-refractivity contribution is 5.94. The van der Waals surface area contributed by atoms with Crippen LogP contribution in [0.2, 0.25) is 0 Å². The van der Waals surface area contributed by atoms with Crippen molar-refractivity contribution in [2.24, 2.45) is 0 Å². The molecule has 1 atom stereocenters. The Bertz CT molecular complexity index is 1040. The van der Waals surface area contributed by atoms with Crippen LogP contribution in [-0.4, -0.2) is 43.1 Å². The summed E-state index contributed by atoms with van der Waals surface area (Å²) in [5, 5.41) is 5.94. The van der Waals surface area contributed by atoms with E-state index in [1.807, 2.05) is 60.7 Å². The fourth-order valence-electron chi connectivity index (χ4n) is 3.73. The largest absolute Gasteiger partial charge is 0.378 e. The molecule has 0 radical (unpaired) electrons. The lowest BCUT2D eigenvalue weighted by Crippen LogP contribution is -2.36. The number of pyridine rings is 1. The first kappa shape index (κ1) is 22.5. The van der Waals surface area contributed by atoms with E-state index in [9.17, 15) is 9.59 Å². The van der Waals surface area contributed by atoms with Crippen LogP contribution in [0.5, 0.6) is 0 Å². The number of benzene rings is 2. The number of carbonyl (C=O) groups excluding carboxylic acids is 2. The maximum atomic E-state index is 12.7. The zero-order valence-corrected chi connectivity index (χ0v) is 18.4. The standard InChI is InChI=1S/C26H28N4O3/c31-25(28-19-20-11-12-24(27-18-20)30-13-15-33-16-14-30)17-23(21-7-3-1-4-8-21)29-26(32)22-9-5-2-6-10-22/h1-12,18,23H,13-17,19H2,(H,28,31)(H,29,32). The van der Waals surface area contributed by atoms with Gasteiger partial charge in [0.05, 0.1) is 25.7 Å². The fraction of sp³-hybridized carbons (Fsp3) is 0.269. The molecule has 4 rings (SSSR count). The summed E-state index contributed by atoms with van der Waals surface area (Å²) in [6.45, 7) is 3.46. The summed E-state index contributed by atoms with van der Waals surface area (Å²) in [7, 11) is 0. The first-order valence-corrected chi connectivity index (χ1v) is 11.1. The number of anilines is 1. The normalized spacial score (nSPS) is 14.4. The molecular weight excluding hydrogens is 416 g/mol. The van der Waals surface area contributed by atoms with Gasteiger partial charge in [0.25, 0.3) is 5.91 Å². The molecule has 7 nitrogen and oxygen atoms in total. The molecule has 1 saturated heterocycles. The van der Waals surface area contributed by atoms with E-state index < -0.39 is 6.04 Å². The molecule has 1 unspecified atom stereocenters. The molecule has 0 aliphatic carbocycles. The van der Waals surface area contributed by atoms with E-state index in [2.05, 4.69) is 20.5 Å². The van der Waals surface area contributed by atoms with E-state index in [-0.39, 0.29) is 18.2 Å². The van der Waals surface area contributed by atoms with Crippen molar-refractivity contribution < 1.29 is 14.3 Å². The Balaban J connectivity index is 1.35. The number of nitrogens with one attached hydrogen (secondary N) is 2. The van der Waals surface area contributed by atoms with Gasteiger partial charge in [0.15, 0.2) is 0 Å². The molecular formula is C26H28N4O3. The zero-order chi connectivity index (χ0) is 22.9. The highest BCUT2D eigenvalue weighted by atomic mass is 16.5. The summed E-state index contributed by atoms with van der Waals surface area (Å²) in [5.74, 6) is 0.566. The summed E-state index contributed by atoms with van der Waals surface area (Å²) >= 11 is 0. The Morgan fingerprint density at radius 3 is 2.30 bits per heavy atom. The first-order valence-electron chi connectivity index (χ1n) is 11.1. The third kappa shape index (κ3) is 6.40. The Labute approximate surface area is 193 Å². The Morgan fingerprint density at radius 2 is 1.64 bits per heavy atom. The highest BCUT2D eigenvalue weighted by Crippen LogP contribution is 2.18. The predicted molar refractivity (Wildman–Crippen MR) is 127 cm³/mol. The highest BCUT2D eigenvalue weighted by Gasteiger charge is 2.19. The van der Waals surface area contributed by atoms with Gasteiger partial charge < -0.3 is 20.3 Å². The van der Waals surface area contributed by atoms with E-state index >= 15 is 0 Å². The maximum absolute atomic E-state index is 12.7. The zero-order valence-electron chi connectivity index (χ0n) is 18.4. The van der Waals surface area contributed by atoms with Crippen molar-refractivity contribution in [2.75, 3.05) is 31.2 Å². The molecule has 2 N–H and O–H groups in total. The van der Waals surface area contributed by atoms with Crippen molar-refractivity contribution in [3.63, 3.8) is 0 Å². The van der Waals surface area contributed by atoms with E-state index in [0.29, 0.717) is 25.3 Å². The monoisotopic (exact) mass is 444 g/mol. The second-order valence-electron chi connectivity index (χ2n) is 7.91. The summed E-state index contributed by atoms with van der Waals surface area (Å²) in [6.07, 6.45) is 1.93. The van der Waals surface area contributed by atoms with E-state index in [4.69, 9.17) is 4.74 Å². The number of aromatic nitrogens is 1. The van der Waals surface area contributed by atoms with Crippen molar-refractivity contribution >= 4 is 17.6 Å². The average Bonchev–Trinajstić information content (AvgIpc) is 2.89. The average molecular weight is 445 g/mol. The van der Waals surface area contributed by atoms with Gasteiger partial charge in [0, 0.05) is 31.4 Å². The van der Waals surface area contributed by atoms with Crippen molar-refractivity contribution in [3.8, 4) is 0 Å². The minimum atomic E-state index is -0.430. The number of morpholine rings is 1. The number of carbonyl (C=O) groups is 2. The molecule has 2 aromatic carbocycles. The molecule has 3 aromatic rings. The van der Waals surface area contributed by atoms with Crippen molar-refractivity contribution in [1.82, 2.24) is 15.6 Å². The predicted octanol–water partition coefficient (Wildman–Crippen LogP) is 3.10. The van der Waals surface area contributed by atoms with Gasteiger partial charge in [-0.25, -0.2) is 4.98 Å². The lowest BCUT2D eigenvalue weighted by atomic mass is 10.0. The molecule has 1 aliphatic rings. The van der Waals surface area contributed by atoms with Gasteiger partial charge in [-0.05, 0) is 29.3 Å². The van der Waals surface area contributed by atoms with Crippen molar-refractivity contribution in [3.05, 3.63) is 95.7 Å². The van der Waals surface area contributed by atoms with Crippen molar-refractivity contribution in [1.29, 1.82) is 0 Å². The smallest absolute Gasteiger partial charge is 0.251 e. The van der Waals surface area contributed by atoms with Crippen LogP contribution in [0.3, 0.4) is 0 Å². The van der Waals surface area contributed by atoms with Crippen molar-refractivity contribution in [2.45, 2.75) is 19.0 Å². The maximum Gasteiger partial charge on any atom is 0.251 e. The summed E-state index contributed by atoms with van der Waals surface area (Å²) in [6, 6.07) is 22.1. The fourth-order valence-corrected chi connectivity index (χ4v) is 3.73. The van der Waals surface area contributed by atoms with Crippen LogP contribution in [0, 0.1) is 0 Å². The minimum absolute atomic E-state index is 0.141. The molecule has 0 saturated carbocycles. The SMILES string of the molecule is O=C(CC(NC(=O)c1ccccc1)c1ccccc1)NCc1ccc(N2CCOCC2)nc1. The van der Waals surface area contributed by atoms with E-state index in [0.717, 1.165) is 30.0 Å². The van der Waals surface area contributed by atoms with Crippen LogP contribution in [-0.2, 0) is 16.1 Å². The van der Waals surface area contributed by atoms with Gasteiger partial charge in [-0.2, -0.15) is 0 Å². The van der Waals surface area contributed by atoms with Crippen LogP contribution >= 0.6 is 0 Å². The molecule has 0 bridgehead atoms. The van der Waals surface area contributed by atoms with Crippen LogP contribution in [0.15, 0.2) is 79.0 Å². The summed E-state index contributed by atoms with van der Waals surface area (Å²) in [4.78, 5) is 32.1. The number of hydrogen-bond donors (Lipinski definition) is 2. The van der Waals surface area contributed by atoms with E-state index in [1.165, 1.54) is 0 Å². The molecule has 2 amide bonds. The van der Waals surface area contributed by atoms with Crippen LogP contribution in [0.1, 0.15) is 33.9 Å². The van der Waals surface area contributed by atoms with Gasteiger partial charge in [-0.3, -0.25) is 9.59 Å². The Morgan fingerprint density at radius 1 is 0.939 bits per heavy atom. The van der Waals surface area contributed by atoms with Gasteiger partial charge in [-0.15, -0.1) is 0 Å². The van der Waals surface area contributed by atoms with Gasteiger partial charge in [0.2, 0.25) is 5.91 Å². The lowest BCUT2D eigenvalue weighted by Gasteiger charge is -2.27. The summed E-state index contributed by atoms with van der Waals surface area (Å²) in [5.41, 5.74) is 2.36. The quantitative estimate of drug-likeness (QED) is 0.558. The van der Waals surface area contributed by atoms with Crippen LogP contribution in [0.4, 0.5) is 5.82 Å². The van der Waals surface area contributed by atoms with Crippen LogP contribution in [0.25, 0.3) is 0 Å². The van der Waals surface area contributed by atoms with Gasteiger partial charge >= 0.3 is 0 Å². The number of ether oxygens (including phenoxy) is 1. The third-order valence-corrected chi connectivity index (χ3v) is 5.57. The number of hydrogen-bond acceptors (Lipinski definition) is 5. The second kappa shape index (κ2) is 11.2. The molecule has 7 heteroatoms. The molecule has 33 heavy (non-hydrogen) atoms. The number of amides is 2. The molecule has 1 aromatic heterocycles. The lowest BCUT2D eigenvalue weighted by molar-refractivity contribution is -0.121. The molecule has 170 valence electrons. The van der Waals surface area contributed by atoms with Gasteiger partial charge in [0.1, 0.15) is 5.82 Å². The minimum Gasteiger partial charge on any atom is -0.378 e. The Kier molecular flexibility index (Phi) is 7.66. The number of rotatable bonds is 8. The molecule has 2 heterocycles. The first-order chi connectivity index (χ1) is 16.2. The molecule has 1 fully saturated rings. The Hall–Kier alpha value is -3.71. The second-order valence-corrected chi connectivity index (χ2v) is 7.91. The molecule has 1 aliphatic heterocycles. The van der Waals surface area contributed by atoms with E-state index in [1.54, 1.807) is 18.3 Å². The summed E-state index contributed by atoms with van der Waals surface area (Å²) < 4.78 is 5.38. The van der Waals surface area contributed by atoms with Crippen LogP contribution < -0.4 is 15.5 Å². The van der Waals surface area contributed by atoms with Gasteiger partial charge in [-0.1, -0.05) is 54.6 Å². The molecule has 0 spiro atoms.